The monoisotopic (exact) mass is 189 g/mol. The van der Waals surface area contributed by atoms with Crippen molar-refractivity contribution in [2.75, 3.05) is 5.32 Å². The second-order valence-corrected chi connectivity index (χ2v) is 5.47. The van der Waals surface area contributed by atoms with Gasteiger partial charge in [-0.25, -0.2) is 0 Å². The van der Waals surface area contributed by atoms with Gasteiger partial charge in [0, 0.05) is 11.7 Å². The largest absolute Gasteiger partial charge is 0.382 e. The van der Waals surface area contributed by atoms with E-state index in [4.69, 9.17) is 0 Å². The second-order valence-electron chi connectivity index (χ2n) is 5.47. The molecule has 0 fully saturated rings. The molecule has 1 atom stereocenters. The third-order valence-electron chi connectivity index (χ3n) is 2.70. The van der Waals surface area contributed by atoms with E-state index in [1.165, 1.54) is 24.1 Å². The van der Waals surface area contributed by atoms with Gasteiger partial charge in [0.05, 0.1) is 0 Å². The van der Waals surface area contributed by atoms with E-state index in [0.717, 1.165) is 0 Å². The molecule has 0 aliphatic carbocycles. The Balaban J connectivity index is 2.05. The van der Waals surface area contributed by atoms with E-state index >= 15 is 0 Å². The van der Waals surface area contributed by atoms with Crippen molar-refractivity contribution in [2.45, 2.75) is 39.7 Å². The van der Waals surface area contributed by atoms with Gasteiger partial charge >= 0.3 is 0 Å². The predicted molar refractivity (Wildman–Crippen MR) is 61.6 cm³/mol. The Hall–Kier alpha value is -0.980. The van der Waals surface area contributed by atoms with Gasteiger partial charge in [-0.1, -0.05) is 39.0 Å². The van der Waals surface area contributed by atoms with Crippen LogP contribution >= 0.6 is 0 Å². The lowest BCUT2D eigenvalue weighted by Crippen LogP contribution is -2.22. The summed E-state index contributed by atoms with van der Waals surface area (Å²) in [5.74, 6) is 0. The van der Waals surface area contributed by atoms with E-state index < -0.39 is 0 Å². The lowest BCUT2D eigenvalue weighted by Gasteiger charge is -2.23. The summed E-state index contributed by atoms with van der Waals surface area (Å²) in [6, 6.07) is 9.27. The van der Waals surface area contributed by atoms with Gasteiger partial charge in [-0.3, -0.25) is 0 Å². The quantitative estimate of drug-likeness (QED) is 0.713. The van der Waals surface area contributed by atoms with E-state index in [9.17, 15) is 0 Å². The molecular weight excluding hydrogens is 170 g/mol. The minimum atomic E-state index is 0.416. The first-order valence-electron chi connectivity index (χ1n) is 5.39. The zero-order valence-corrected chi connectivity index (χ0v) is 9.30. The Labute approximate surface area is 86.5 Å². The maximum atomic E-state index is 3.59. The summed E-state index contributed by atoms with van der Waals surface area (Å²) in [6.07, 6.45) is 2.43. The Morgan fingerprint density at radius 3 is 2.64 bits per heavy atom. The maximum absolute atomic E-state index is 3.59. The molecule has 1 unspecified atom stereocenters. The van der Waals surface area contributed by atoms with E-state index in [1.54, 1.807) is 0 Å². The highest BCUT2D eigenvalue weighted by molar-refractivity contribution is 5.56. The molecule has 0 radical (unpaired) electrons. The number of rotatable bonds is 1. The molecule has 76 valence electrons. The normalized spacial score (nSPS) is 20.4. The lowest BCUT2D eigenvalue weighted by atomic mass is 9.87. The van der Waals surface area contributed by atoms with E-state index in [1.807, 2.05) is 0 Å². The van der Waals surface area contributed by atoms with Crippen molar-refractivity contribution in [3.63, 3.8) is 0 Å². The standard InChI is InChI=1S/C13H19N/c1-13(2,3)9-11-8-10-6-4-5-7-12(10)14-11/h4-7,11,14H,8-9H2,1-3H3. The molecule has 1 aromatic rings. The highest BCUT2D eigenvalue weighted by Gasteiger charge is 2.24. The van der Waals surface area contributed by atoms with Crippen LogP contribution in [0.15, 0.2) is 24.3 Å². The molecule has 14 heavy (non-hydrogen) atoms. The topological polar surface area (TPSA) is 12.0 Å². The van der Waals surface area contributed by atoms with Crippen molar-refractivity contribution >= 4 is 5.69 Å². The number of nitrogens with one attached hydrogen (secondary N) is 1. The molecule has 0 amide bonds. The van der Waals surface area contributed by atoms with Crippen molar-refractivity contribution in [2.24, 2.45) is 5.41 Å². The number of hydrogen-bond acceptors (Lipinski definition) is 1. The molecule has 2 rings (SSSR count). The van der Waals surface area contributed by atoms with Gasteiger partial charge < -0.3 is 5.32 Å². The summed E-state index contributed by atoms with van der Waals surface area (Å²) in [5.41, 5.74) is 3.23. The minimum absolute atomic E-state index is 0.416. The van der Waals surface area contributed by atoms with Crippen molar-refractivity contribution in [3.8, 4) is 0 Å². The summed E-state index contributed by atoms with van der Waals surface area (Å²) >= 11 is 0. The predicted octanol–water partition coefficient (Wildman–Crippen LogP) is 3.46. The fourth-order valence-electron chi connectivity index (χ4n) is 2.24. The molecule has 1 N–H and O–H groups in total. The first-order valence-corrected chi connectivity index (χ1v) is 5.39. The highest BCUT2D eigenvalue weighted by atomic mass is 14.9. The van der Waals surface area contributed by atoms with Gasteiger partial charge in [-0.15, -0.1) is 0 Å². The SMILES string of the molecule is CC(C)(C)CC1Cc2ccccc2N1. The number of para-hydroxylation sites is 1. The Bertz CT molecular complexity index is 297. The zero-order chi connectivity index (χ0) is 10.2. The molecule has 1 heteroatoms. The fourth-order valence-corrected chi connectivity index (χ4v) is 2.24. The summed E-state index contributed by atoms with van der Waals surface area (Å²) in [6.45, 7) is 6.91. The number of anilines is 1. The number of fused-ring (bicyclic) bond motifs is 1. The molecule has 1 aliphatic rings. The van der Waals surface area contributed by atoms with Crippen LogP contribution in [0.25, 0.3) is 0 Å². The van der Waals surface area contributed by atoms with Crippen molar-refractivity contribution in [1.29, 1.82) is 0 Å². The van der Waals surface area contributed by atoms with Crippen LogP contribution in [0.4, 0.5) is 5.69 Å². The number of benzene rings is 1. The van der Waals surface area contributed by atoms with Gasteiger partial charge in [-0.05, 0) is 29.9 Å². The summed E-state index contributed by atoms with van der Waals surface area (Å²) in [7, 11) is 0. The highest BCUT2D eigenvalue weighted by Crippen LogP contribution is 2.31. The molecule has 0 bridgehead atoms. The molecule has 1 aromatic carbocycles. The molecule has 0 spiro atoms. The summed E-state index contributed by atoms with van der Waals surface area (Å²) < 4.78 is 0. The van der Waals surface area contributed by atoms with E-state index in [0.29, 0.717) is 11.5 Å². The third kappa shape index (κ3) is 2.09. The Morgan fingerprint density at radius 1 is 1.29 bits per heavy atom. The van der Waals surface area contributed by atoms with Gasteiger partial charge in [-0.2, -0.15) is 0 Å². The molecule has 1 heterocycles. The van der Waals surface area contributed by atoms with Crippen LogP contribution in [-0.4, -0.2) is 6.04 Å². The average molecular weight is 189 g/mol. The molecule has 1 nitrogen and oxygen atoms in total. The van der Waals surface area contributed by atoms with Crippen LogP contribution in [0, 0.1) is 5.41 Å². The number of hydrogen-bond donors (Lipinski definition) is 1. The summed E-state index contributed by atoms with van der Waals surface area (Å²) in [4.78, 5) is 0. The minimum Gasteiger partial charge on any atom is -0.382 e. The van der Waals surface area contributed by atoms with Gasteiger partial charge in [0.1, 0.15) is 0 Å². The third-order valence-corrected chi connectivity index (χ3v) is 2.70. The van der Waals surface area contributed by atoms with Crippen LogP contribution in [0.5, 0.6) is 0 Å². The molecule has 0 saturated heterocycles. The van der Waals surface area contributed by atoms with Crippen LogP contribution < -0.4 is 5.32 Å². The average Bonchev–Trinajstić information content (AvgIpc) is 2.42. The van der Waals surface area contributed by atoms with Crippen molar-refractivity contribution in [3.05, 3.63) is 29.8 Å². The van der Waals surface area contributed by atoms with Gasteiger partial charge in [0.15, 0.2) is 0 Å². The fraction of sp³-hybridized carbons (Fsp3) is 0.538. The molecule has 0 saturated carbocycles. The first-order chi connectivity index (χ1) is 6.54. The Kier molecular flexibility index (Phi) is 2.26. The van der Waals surface area contributed by atoms with E-state index in [2.05, 4.69) is 50.4 Å². The lowest BCUT2D eigenvalue weighted by molar-refractivity contribution is 0.352. The van der Waals surface area contributed by atoms with Gasteiger partial charge in [0.25, 0.3) is 0 Å². The van der Waals surface area contributed by atoms with Crippen LogP contribution in [0.2, 0.25) is 0 Å². The maximum Gasteiger partial charge on any atom is 0.0375 e. The van der Waals surface area contributed by atoms with Gasteiger partial charge in [0.2, 0.25) is 0 Å². The van der Waals surface area contributed by atoms with Crippen molar-refractivity contribution in [1.82, 2.24) is 0 Å². The van der Waals surface area contributed by atoms with Crippen LogP contribution in [0.1, 0.15) is 32.8 Å². The second kappa shape index (κ2) is 3.30. The van der Waals surface area contributed by atoms with E-state index in [-0.39, 0.29) is 0 Å². The smallest absolute Gasteiger partial charge is 0.0375 e. The van der Waals surface area contributed by atoms with Crippen molar-refractivity contribution < 1.29 is 0 Å². The molecule has 1 aliphatic heterocycles. The van der Waals surface area contributed by atoms with Crippen LogP contribution in [0.3, 0.4) is 0 Å². The zero-order valence-electron chi connectivity index (χ0n) is 9.30. The Morgan fingerprint density at radius 2 is 2.00 bits per heavy atom. The summed E-state index contributed by atoms with van der Waals surface area (Å²) in [5, 5.41) is 3.59. The van der Waals surface area contributed by atoms with Crippen LogP contribution in [-0.2, 0) is 6.42 Å². The molecule has 0 aromatic heterocycles. The molecular formula is C13H19N. The first kappa shape index (κ1) is 9.57.